The van der Waals surface area contributed by atoms with E-state index in [2.05, 4.69) is 41.5 Å². The molecule has 2 rings (SSSR count). The Morgan fingerprint density at radius 3 is 3.09 bits per heavy atom. The second-order valence-corrected chi connectivity index (χ2v) is 4.48. The van der Waals surface area contributed by atoms with Gasteiger partial charge in [0.15, 0.2) is 0 Å². The lowest BCUT2D eigenvalue weighted by atomic mass is 10.1. The van der Waals surface area contributed by atoms with Crippen LogP contribution in [0.2, 0.25) is 0 Å². The minimum atomic E-state index is -0.0798. The van der Waals surface area contributed by atoms with E-state index >= 15 is 0 Å². The third-order valence-corrected chi connectivity index (χ3v) is 2.39. The molecule has 1 aliphatic rings. The van der Waals surface area contributed by atoms with E-state index in [1.807, 2.05) is 10.9 Å². The molecule has 0 bridgehead atoms. The van der Waals surface area contributed by atoms with Crippen molar-refractivity contribution >= 4 is 22.6 Å². The molecule has 0 aliphatic carbocycles. The second kappa shape index (κ2) is 2.12. The summed E-state index contributed by atoms with van der Waals surface area (Å²) in [5, 5.41) is 4.18. The highest BCUT2D eigenvalue weighted by atomic mass is 127. The van der Waals surface area contributed by atoms with Gasteiger partial charge in [-0.2, -0.15) is 5.10 Å². The quantitative estimate of drug-likeness (QED) is 0.666. The fraction of sp³-hybridized carbons (Fsp3) is 0.571. The van der Waals surface area contributed by atoms with Gasteiger partial charge in [-0.05, 0) is 36.4 Å². The number of halogens is 1. The third kappa shape index (κ3) is 1.13. The molecule has 0 aromatic carbocycles. The Labute approximate surface area is 78.9 Å². The number of fused-ring (bicyclic) bond motifs is 1. The van der Waals surface area contributed by atoms with Crippen LogP contribution < -0.4 is 4.74 Å². The third-order valence-electron chi connectivity index (χ3n) is 1.65. The molecule has 0 spiro atoms. The molecule has 0 unspecified atom stereocenters. The molecule has 1 aliphatic heterocycles. The molecule has 60 valence electrons. The molecule has 11 heavy (non-hydrogen) atoms. The molecule has 4 heteroatoms. The zero-order valence-corrected chi connectivity index (χ0v) is 8.62. The molecule has 1 aromatic heterocycles. The van der Waals surface area contributed by atoms with E-state index < -0.39 is 0 Å². The molecule has 0 atom stereocenters. The highest BCUT2D eigenvalue weighted by molar-refractivity contribution is 14.1. The molecule has 0 saturated heterocycles. The average Bonchev–Trinajstić information content (AvgIpc) is 2.31. The topological polar surface area (TPSA) is 27.1 Å². The Hall–Kier alpha value is -0.260. The zero-order chi connectivity index (χ0) is 8.06. The Kier molecular flexibility index (Phi) is 1.42. The fourth-order valence-electron chi connectivity index (χ4n) is 1.22. The van der Waals surface area contributed by atoms with Gasteiger partial charge in [0.2, 0.25) is 5.88 Å². The van der Waals surface area contributed by atoms with Crippen LogP contribution in [0.15, 0.2) is 6.20 Å². The van der Waals surface area contributed by atoms with Crippen LogP contribution in [0.4, 0.5) is 0 Å². The average molecular weight is 264 g/mol. The molecular weight excluding hydrogens is 255 g/mol. The molecule has 2 heterocycles. The first-order valence-electron chi connectivity index (χ1n) is 3.49. The van der Waals surface area contributed by atoms with Crippen LogP contribution in [-0.4, -0.2) is 15.4 Å². The lowest BCUT2D eigenvalue weighted by Crippen LogP contribution is -2.26. The Bertz CT molecular complexity index is 293. The van der Waals surface area contributed by atoms with E-state index in [0.717, 1.165) is 16.0 Å². The number of hydrogen-bond acceptors (Lipinski definition) is 2. The van der Waals surface area contributed by atoms with Crippen molar-refractivity contribution in [1.29, 1.82) is 0 Å². The molecule has 0 fully saturated rings. The predicted octanol–water partition coefficient (Wildman–Crippen LogP) is 1.66. The normalized spacial score (nSPS) is 19.5. The number of aromatic nitrogens is 2. The lowest BCUT2D eigenvalue weighted by Gasteiger charge is -2.15. The minimum Gasteiger partial charge on any atom is -0.469 e. The zero-order valence-electron chi connectivity index (χ0n) is 6.47. The standard InChI is InChI=1S/C7H9IN2O/c1-7(2)4-10-6(11-7)5(8)3-9-10/h3H,4H2,1-2H3. The van der Waals surface area contributed by atoms with Gasteiger partial charge in [-0.25, -0.2) is 4.68 Å². The summed E-state index contributed by atoms with van der Waals surface area (Å²) < 4.78 is 8.65. The van der Waals surface area contributed by atoms with Crippen molar-refractivity contribution in [2.24, 2.45) is 0 Å². The summed E-state index contributed by atoms with van der Waals surface area (Å²) in [5.74, 6) is 0.913. The molecular formula is C7H9IN2O. The first kappa shape index (κ1) is 7.39. The van der Waals surface area contributed by atoms with E-state index in [0.29, 0.717) is 0 Å². The summed E-state index contributed by atoms with van der Waals surface area (Å²) in [6.07, 6.45) is 1.82. The molecule has 0 N–H and O–H groups in total. The lowest BCUT2D eigenvalue weighted by molar-refractivity contribution is 0.134. The van der Waals surface area contributed by atoms with Crippen molar-refractivity contribution in [2.45, 2.75) is 26.0 Å². The molecule has 0 saturated carbocycles. The molecule has 1 aromatic rings. The minimum absolute atomic E-state index is 0.0798. The smallest absolute Gasteiger partial charge is 0.226 e. The summed E-state index contributed by atoms with van der Waals surface area (Å²) in [5.41, 5.74) is -0.0798. The summed E-state index contributed by atoms with van der Waals surface area (Å²) in [4.78, 5) is 0. The van der Waals surface area contributed by atoms with E-state index in [-0.39, 0.29) is 5.60 Å². The highest BCUT2D eigenvalue weighted by Gasteiger charge is 2.32. The van der Waals surface area contributed by atoms with Crippen LogP contribution in [0.5, 0.6) is 5.88 Å². The number of nitrogens with zero attached hydrogens (tertiary/aromatic N) is 2. The fourth-order valence-corrected chi connectivity index (χ4v) is 1.73. The van der Waals surface area contributed by atoms with Gasteiger partial charge >= 0.3 is 0 Å². The van der Waals surface area contributed by atoms with Gasteiger partial charge in [-0.1, -0.05) is 0 Å². The number of rotatable bonds is 0. The first-order chi connectivity index (χ1) is 5.08. The number of ether oxygens (including phenoxy) is 1. The van der Waals surface area contributed by atoms with Gasteiger partial charge in [0.1, 0.15) is 5.60 Å². The van der Waals surface area contributed by atoms with Gasteiger partial charge < -0.3 is 4.74 Å². The summed E-state index contributed by atoms with van der Waals surface area (Å²) >= 11 is 2.23. The molecule has 0 radical (unpaired) electrons. The maximum atomic E-state index is 5.66. The Morgan fingerprint density at radius 1 is 1.73 bits per heavy atom. The first-order valence-corrected chi connectivity index (χ1v) is 4.57. The van der Waals surface area contributed by atoms with Crippen molar-refractivity contribution in [3.8, 4) is 5.88 Å². The Balaban J connectivity index is 2.42. The van der Waals surface area contributed by atoms with Crippen molar-refractivity contribution in [3.63, 3.8) is 0 Å². The predicted molar refractivity (Wildman–Crippen MR) is 49.7 cm³/mol. The van der Waals surface area contributed by atoms with Crippen molar-refractivity contribution in [3.05, 3.63) is 9.77 Å². The van der Waals surface area contributed by atoms with Gasteiger partial charge in [0.05, 0.1) is 16.3 Å². The SMILES string of the molecule is CC1(C)Cn2ncc(I)c2O1. The monoisotopic (exact) mass is 264 g/mol. The van der Waals surface area contributed by atoms with Crippen LogP contribution in [0.1, 0.15) is 13.8 Å². The van der Waals surface area contributed by atoms with Crippen LogP contribution in [0.25, 0.3) is 0 Å². The van der Waals surface area contributed by atoms with E-state index in [1.165, 1.54) is 0 Å². The molecule has 3 nitrogen and oxygen atoms in total. The largest absolute Gasteiger partial charge is 0.469 e. The van der Waals surface area contributed by atoms with E-state index in [4.69, 9.17) is 4.74 Å². The molecule has 0 amide bonds. The van der Waals surface area contributed by atoms with Gasteiger partial charge in [0, 0.05) is 0 Å². The van der Waals surface area contributed by atoms with E-state index in [1.54, 1.807) is 0 Å². The van der Waals surface area contributed by atoms with Crippen LogP contribution >= 0.6 is 22.6 Å². The summed E-state index contributed by atoms with van der Waals surface area (Å²) in [6, 6.07) is 0. The maximum Gasteiger partial charge on any atom is 0.226 e. The van der Waals surface area contributed by atoms with Crippen LogP contribution in [-0.2, 0) is 6.54 Å². The summed E-state index contributed by atoms with van der Waals surface area (Å²) in [7, 11) is 0. The second-order valence-electron chi connectivity index (χ2n) is 3.32. The van der Waals surface area contributed by atoms with Crippen molar-refractivity contribution in [2.75, 3.05) is 0 Å². The van der Waals surface area contributed by atoms with Crippen LogP contribution in [0, 0.1) is 3.57 Å². The van der Waals surface area contributed by atoms with Crippen molar-refractivity contribution in [1.82, 2.24) is 9.78 Å². The Morgan fingerprint density at radius 2 is 2.45 bits per heavy atom. The van der Waals surface area contributed by atoms with Crippen molar-refractivity contribution < 1.29 is 4.74 Å². The van der Waals surface area contributed by atoms with Gasteiger partial charge in [-0.15, -0.1) is 0 Å². The maximum absolute atomic E-state index is 5.66. The van der Waals surface area contributed by atoms with Crippen LogP contribution in [0.3, 0.4) is 0 Å². The van der Waals surface area contributed by atoms with Gasteiger partial charge in [-0.3, -0.25) is 0 Å². The van der Waals surface area contributed by atoms with E-state index in [9.17, 15) is 0 Å². The summed E-state index contributed by atoms with van der Waals surface area (Å²) in [6.45, 7) is 4.99. The highest BCUT2D eigenvalue weighted by Crippen LogP contribution is 2.31. The van der Waals surface area contributed by atoms with Gasteiger partial charge in [0.25, 0.3) is 0 Å². The number of hydrogen-bond donors (Lipinski definition) is 0.